The lowest BCUT2D eigenvalue weighted by Gasteiger charge is -2.09. The lowest BCUT2D eigenvalue weighted by atomic mass is 10.2. The minimum atomic E-state index is -0.375. The molecule has 1 aromatic heterocycles. The maximum atomic E-state index is 11.4. The molecule has 2 heterocycles. The molecule has 0 spiro atoms. The van der Waals surface area contributed by atoms with Gasteiger partial charge in [-0.2, -0.15) is 4.98 Å². The van der Waals surface area contributed by atoms with Gasteiger partial charge in [0, 0.05) is 36.1 Å². The number of phenols is 1. The third kappa shape index (κ3) is 1.93. The van der Waals surface area contributed by atoms with Crippen LogP contribution in [0.4, 0.5) is 11.5 Å². The molecule has 0 radical (unpaired) electrons. The predicted molar refractivity (Wildman–Crippen MR) is 66.8 cm³/mol. The van der Waals surface area contributed by atoms with Crippen molar-refractivity contribution >= 4 is 11.5 Å². The van der Waals surface area contributed by atoms with Gasteiger partial charge in [0.05, 0.1) is 0 Å². The molecule has 0 saturated carbocycles. The summed E-state index contributed by atoms with van der Waals surface area (Å²) in [7, 11) is 0. The lowest BCUT2D eigenvalue weighted by molar-refractivity contribution is 0.475. The number of aromatic hydroxyl groups is 1. The minimum absolute atomic E-state index is 0.166. The zero-order valence-corrected chi connectivity index (χ0v) is 9.53. The Morgan fingerprint density at radius 3 is 3.06 bits per heavy atom. The van der Waals surface area contributed by atoms with Crippen LogP contribution in [-0.2, 0) is 13.1 Å². The van der Waals surface area contributed by atoms with Crippen molar-refractivity contribution in [1.82, 2.24) is 15.3 Å². The number of rotatable bonds is 2. The van der Waals surface area contributed by atoms with E-state index >= 15 is 0 Å². The van der Waals surface area contributed by atoms with E-state index in [-0.39, 0.29) is 11.4 Å². The van der Waals surface area contributed by atoms with Crippen LogP contribution in [0, 0.1) is 0 Å². The highest BCUT2D eigenvalue weighted by molar-refractivity contribution is 5.61. The molecular weight excluding hydrogens is 232 g/mol. The summed E-state index contributed by atoms with van der Waals surface area (Å²) in [6.07, 6.45) is 0. The molecule has 0 amide bonds. The van der Waals surface area contributed by atoms with Gasteiger partial charge in [-0.3, -0.25) is 0 Å². The number of hydrogen-bond acceptors (Lipinski definition) is 5. The van der Waals surface area contributed by atoms with Crippen LogP contribution in [0.2, 0.25) is 0 Å². The molecule has 0 aliphatic carbocycles. The van der Waals surface area contributed by atoms with Crippen molar-refractivity contribution in [3.63, 3.8) is 0 Å². The fourth-order valence-corrected chi connectivity index (χ4v) is 2.02. The van der Waals surface area contributed by atoms with Crippen molar-refractivity contribution in [1.29, 1.82) is 0 Å². The second-order valence-electron chi connectivity index (χ2n) is 4.13. The first-order valence-electron chi connectivity index (χ1n) is 5.61. The van der Waals surface area contributed by atoms with Crippen LogP contribution >= 0.6 is 0 Å². The number of H-pyrrole nitrogens is 1. The maximum Gasteiger partial charge on any atom is 0.347 e. The van der Waals surface area contributed by atoms with Gasteiger partial charge in [0.15, 0.2) is 0 Å². The summed E-state index contributed by atoms with van der Waals surface area (Å²) in [4.78, 5) is 18.1. The largest absolute Gasteiger partial charge is 0.508 e. The summed E-state index contributed by atoms with van der Waals surface area (Å²) < 4.78 is 0. The fraction of sp³-hybridized carbons (Fsp3) is 0.167. The van der Waals surface area contributed by atoms with Crippen LogP contribution in [0.1, 0.15) is 11.3 Å². The number of aromatic nitrogens is 2. The molecule has 6 nitrogen and oxygen atoms in total. The number of phenolic OH excluding ortho intramolecular Hbond substituents is 1. The minimum Gasteiger partial charge on any atom is -0.508 e. The number of benzene rings is 1. The second-order valence-corrected chi connectivity index (χ2v) is 4.13. The first kappa shape index (κ1) is 10.8. The van der Waals surface area contributed by atoms with Gasteiger partial charge in [0.1, 0.15) is 11.6 Å². The Hall–Kier alpha value is -2.34. The summed E-state index contributed by atoms with van der Waals surface area (Å²) >= 11 is 0. The van der Waals surface area contributed by atoms with Gasteiger partial charge >= 0.3 is 5.69 Å². The lowest BCUT2D eigenvalue weighted by Crippen LogP contribution is -2.15. The molecule has 0 fully saturated rings. The van der Waals surface area contributed by atoms with Crippen LogP contribution < -0.4 is 16.3 Å². The molecule has 2 aromatic rings. The van der Waals surface area contributed by atoms with Crippen LogP contribution in [0.3, 0.4) is 0 Å². The van der Waals surface area contributed by atoms with Gasteiger partial charge in [0.25, 0.3) is 0 Å². The fourth-order valence-electron chi connectivity index (χ4n) is 2.02. The predicted octanol–water partition coefficient (Wildman–Crippen LogP) is 0.822. The Bertz CT molecular complexity index is 651. The molecule has 6 heteroatoms. The number of anilines is 2. The molecule has 0 bridgehead atoms. The third-order valence-electron chi connectivity index (χ3n) is 2.83. The van der Waals surface area contributed by atoms with E-state index in [4.69, 9.17) is 0 Å². The summed E-state index contributed by atoms with van der Waals surface area (Å²) in [5.74, 6) is 0.698. The van der Waals surface area contributed by atoms with Crippen molar-refractivity contribution in [2.24, 2.45) is 0 Å². The van der Waals surface area contributed by atoms with E-state index in [1.807, 2.05) is 0 Å². The monoisotopic (exact) mass is 244 g/mol. The van der Waals surface area contributed by atoms with E-state index in [9.17, 15) is 9.90 Å². The van der Waals surface area contributed by atoms with Crippen molar-refractivity contribution < 1.29 is 5.11 Å². The van der Waals surface area contributed by atoms with Crippen molar-refractivity contribution in [3.8, 4) is 5.75 Å². The van der Waals surface area contributed by atoms with E-state index in [2.05, 4.69) is 20.6 Å². The van der Waals surface area contributed by atoms with Gasteiger partial charge in [0.2, 0.25) is 0 Å². The highest BCUT2D eigenvalue weighted by Gasteiger charge is 2.17. The van der Waals surface area contributed by atoms with E-state index in [0.717, 1.165) is 11.3 Å². The molecule has 3 rings (SSSR count). The summed E-state index contributed by atoms with van der Waals surface area (Å²) in [5.41, 5.74) is 2.14. The Kier molecular flexibility index (Phi) is 2.49. The molecule has 4 N–H and O–H groups in total. The maximum absolute atomic E-state index is 11.4. The highest BCUT2D eigenvalue weighted by Crippen LogP contribution is 2.24. The first-order valence-corrected chi connectivity index (χ1v) is 5.61. The molecule has 1 aliphatic rings. The van der Waals surface area contributed by atoms with E-state index in [0.29, 0.717) is 24.6 Å². The standard InChI is InChI=1S/C12H12N4O2/c17-8-3-1-2-7(4-8)14-11-9-5-13-6-10(9)15-12(18)16-11/h1-4,13,17H,5-6H2,(H2,14,15,16,18). The van der Waals surface area contributed by atoms with Gasteiger partial charge in [-0.15, -0.1) is 0 Å². The SMILES string of the molecule is O=c1nc(Nc2cccc(O)c2)c2c([nH]1)CNC2. The first-order chi connectivity index (χ1) is 8.72. The molecule has 0 saturated heterocycles. The van der Waals surface area contributed by atoms with Crippen LogP contribution in [0.15, 0.2) is 29.1 Å². The third-order valence-corrected chi connectivity index (χ3v) is 2.83. The highest BCUT2D eigenvalue weighted by atomic mass is 16.3. The van der Waals surface area contributed by atoms with Crippen molar-refractivity contribution in [2.75, 3.05) is 5.32 Å². The molecule has 92 valence electrons. The van der Waals surface area contributed by atoms with E-state index in [1.165, 1.54) is 0 Å². The number of aromatic amines is 1. The average Bonchev–Trinajstić information content (AvgIpc) is 2.77. The number of hydrogen-bond donors (Lipinski definition) is 4. The summed E-state index contributed by atoms with van der Waals surface area (Å²) in [6, 6.07) is 6.70. The van der Waals surface area contributed by atoms with E-state index < -0.39 is 0 Å². The number of fused-ring (bicyclic) bond motifs is 1. The Balaban J connectivity index is 2.00. The zero-order chi connectivity index (χ0) is 12.5. The molecular formula is C12H12N4O2. The Morgan fingerprint density at radius 2 is 2.22 bits per heavy atom. The van der Waals surface area contributed by atoms with Crippen LogP contribution in [-0.4, -0.2) is 15.1 Å². The van der Waals surface area contributed by atoms with Crippen LogP contribution in [0.25, 0.3) is 0 Å². The van der Waals surface area contributed by atoms with Gasteiger partial charge in [-0.05, 0) is 12.1 Å². The molecule has 18 heavy (non-hydrogen) atoms. The molecule has 1 aliphatic heterocycles. The quantitative estimate of drug-likeness (QED) is 0.628. The average molecular weight is 244 g/mol. The second kappa shape index (κ2) is 4.15. The summed E-state index contributed by atoms with van der Waals surface area (Å²) in [5, 5.41) is 15.6. The molecule has 0 unspecified atom stereocenters. The van der Waals surface area contributed by atoms with Gasteiger partial charge in [-0.1, -0.05) is 6.07 Å². The topological polar surface area (TPSA) is 90.0 Å². The van der Waals surface area contributed by atoms with Crippen LogP contribution in [0.5, 0.6) is 5.75 Å². The number of nitrogens with zero attached hydrogens (tertiary/aromatic N) is 1. The zero-order valence-electron chi connectivity index (χ0n) is 9.53. The van der Waals surface area contributed by atoms with E-state index in [1.54, 1.807) is 24.3 Å². The molecule has 0 atom stereocenters. The smallest absolute Gasteiger partial charge is 0.347 e. The summed E-state index contributed by atoms with van der Waals surface area (Å²) in [6.45, 7) is 1.31. The van der Waals surface area contributed by atoms with Gasteiger partial charge < -0.3 is 20.7 Å². The van der Waals surface area contributed by atoms with Crippen molar-refractivity contribution in [2.45, 2.75) is 13.1 Å². The van der Waals surface area contributed by atoms with Gasteiger partial charge in [-0.25, -0.2) is 4.79 Å². The normalized spacial score (nSPS) is 13.3. The number of nitrogens with one attached hydrogen (secondary N) is 3. The molecule has 1 aromatic carbocycles. The Labute approximate surface area is 103 Å². The Morgan fingerprint density at radius 1 is 1.33 bits per heavy atom. The van der Waals surface area contributed by atoms with Crippen molar-refractivity contribution in [3.05, 3.63) is 46.0 Å².